The van der Waals surface area contributed by atoms with Crippen LogP contribution in [0.1, 0.15) is 12.5 Å². The Hall–Kier alpha value is -3.22. The van der Waals surface area contributed by atoms with Crippen molar-refractivity contribution in [2.75, 3.05) is 12.4 Å². The molecule has 0 heterocycles. The first-order valence-electron chi connectivity index (χ1n) is 7.05. The van der Waals surface area contributed by atoms with Gasteiger partial charge in [0.15, 0.2) is 0 Å². The lowest BCUT2D eigenvalue weighted by Crippen LogP contribution is -2.32. The number of nitrogens with one attached hydrogen (secondary N) is 2. The van der Waals surface area contributed by atoms with E-state index in [1.54, 1.807) is 31.2 Å². The Labute approximate surface area is 138 Å². The Morgan fingerprint density at radius 3 is 2.21 bits per heavy atom. The average Bonchev–Trinajstić information content (AvgIpc) is 2.60. The SMILES string of the molecule is COc1ccc(NC(=O)C(=O)N/N=C(\C)c2ccc(F)cc2)cc1. The monoisotopic (exact) mass is 329 g/mol. The van der Waals surface area contributed by atoms with Gasteiger partial charge < -0.3 is 10.1 Å². The molecule has 0 aromatic heterocycles. The number of hydrazone groups is 1. The van der Waals surface area contributed by atoms with Crippen LogP contribution in [-0.2, 0) is 9.59 Å². The first-order valence-corrected chi connectivity index (χ1v) is 7.05. The summed E-state index contributed by atoms with van der Waals surface area (Å²) in [5.74, 6) is -1.49. The zero-order chi connectivity index (χ0) is 17.5. The fraction of sp³-hybridized carbons (Fsp3) is 0.118. The minimum Gasteiger partial charge on any atom is -0.497 e. The highest BCUT2D eigenvalue weighted by molar-refractivity contribution is 6.39. The van der Waals surface area contributed by atoms with Crippen molar-refractivity contribution >= 4 is 23.2 Å². The first kappa shape index (κ1) is 17.1. The zero-order valence-electron chi connectivity index (χ0n) is 13.2. The summed E-state index contributed by atoms with van der Waals surface area (Å²) in [6.07, 6.45) is 0. The molecule has 0 unspecified atom stereocenters. The average molecular weight is 329 g/mol. The maximum atomic E-state index is 12.9. The number of hydrogen-bond acceptors (Lipinski definition) is 4. The summed E-state index contributed by atoms with van der Waals surface area (Å²) in [6.45, 7) is 1.63. The van der Waals surface area contributed by atoms with Crippen LogP contribution in [0.4, 0.5) is 10.1 Å². The van der Waals surface area contributed by atoms with Crippen molar-refractivity contribution in [1.82, 2.24) is 5.43 Å². The lowest BCUT2D eigenvalue weighted by molar-refractivity contribution is -0.136. The van der Waals surface area contributed by atoms with E-state index >= 15 is 0 Å². The number of carbonyl (C=O) groups is 2. The standard InChI is InChI=1S/C17H16FN3O3/c1-11(12-3-5-13(18)6-4-12)20-21-17(23)16(22)19-14-7-9-15(24-2)10-8-14/h3-10H,1-2H3,(H,19,22)(H,21,23)/b20-11+. The van der Waals surface area contributed by atoms with Gasteiger partial charge in [-0.3, -0.25) is 9.59 Å². The Morgan fingerprint density at radius 2 is 1.62 bits per heavy atom. The van der Waals surface area contributed by atoms with E-state index in [1.807, 2.05) is 0 Å². The number of rotatable bonds is 4. The van der Waals surface area contributed by atoms with E-state index in [0.717, 1.165) is 0 Å². The zero-order valence-corrected chi connectivity index (χ0v) is 13.2. The maximum Gasteiger partial charge on any atom is 0.329 e. The number of benzene rings is 2. The minimum absolute atomic E-state index is 0.366. The third-order valence-corrected chi connectivity index (χ3v) is 3.14. The summed E-state index contributed by atoms with van der Waals surface area (Å²) in [7, 11) is 1.53. The third kappa shape index (κ3) is 4.64. The van der Waals surface area contributed by atoms with Crippen LogP contribution in [0.2, 0.25) is 0 Å². The van der Waals surface area contributed by atoms with Crippen LogP contribution in [0.25, 0.3) is 0 Å². The highest BCUT2D eigenvalue weighted by Gasteiger charge is 2.13. The Kier molecular flexibility index (Phi) is 5.62. The van der Waals surface area contributed by atoms with Gasteiger partial charge in [0.25, 0.3) is 0 Å². The van der Waals surface area contributed by atoms with E-state index in [4.69, 9.17) is 4.74 Å². The molecule has 0 bridgehead atoms. The van der Waals surface area contributed by atoms with Crippen molar-refractivity contribution in [1.29, 1.82) is 0 Å². The second-order valence-electron chi connectivity index (χ2n) is 4.83. The van der Waals surface area contributed by atoms with Gasteiger partial charge in [-0.05, 0) is 48.9 Å². The molecule has 0 atom stereocenters. The van der Waals surface area contributed by atoms with Crippen LogP contribution in [0.15, 0.2) is 53.6 Å². The van der Waals surface area contributed by atoms with Gasteiger partial charge in [-0.15, -0.1) is 0 Å². The number of amides is 2. The summed E-state index contributed by atoms with van der Waals surface area (Å²) in [5.41, 5.74) is 3.69. The Morgan fingerprint density at radius 1 is 1.00 bits per heavy atom. The fourth-order valence-corrected chi connectivity index (χ4v) is 1.80. The highest BCUT2D eigenvalue weighted by Crippen LogP contribution is 2.14. The van der Waals surface area contributed by atoms with Gasteiger partial charge >= 0.3 is 11.8 Å². The fourth-order valence-electron chi connectivity index (χ4n) is 1.80. The summed E-state index contributed by atoms with van der Waals surface area (Å²) < 4.78 is 17.9. The summed E-state index contributed by atoms with van der Waals surface area (Å²) in [4.78, 5) is 23.5. The van der Waals surface area contributed by atoms with Crippen LogP contribution in [0, 0.1) is 5.82 Å². The summed E-state index contributed by atoms with van der Waals surface area (Å²) >= 11 is 0. The molecular formula is C17H16FN3O3. The van der Waals surface area contributed by atoms with Gasteiger partial charge in [0, 0.05) is 5.69 Å². The van der Waals surface area contributed by atoms with Crippen LogP contribution >= 0.6 is 0 Å². The van der Waals surface area contributed by atoms with E-state index in [-0.39, 0.29) is 5.82 Å². The highest BCUT2D eigenvalue weighted by atomic mass is 19.1. The molecule has 2 amide bonds. The molecule has 6 nitrogen and oxygen atoms in total. The van der Waals surface area contributed by atoms with Crippen molar-refractivity contribution in [2.24, 2.45) is 5.10 Å². The third-order valence-electron chi connectivity index (χ3n) is 3.14. The number of hydrogen-bond donors (Lipinski definition) is 2. The van der Waals surface area contributed by atoms with E-state index in [2.05, 4.69) is 15.8 Å². The molecule has 0 aliphatic carbocycles. The number of carbonyl (C=O) groups excluding carboxylic acids is 2. The van der Waals surface area contributed by atoms with Gasteiger partial charge in [0.1, 0.15) is 11.6 Å². The van der Waals surface area contributed by atoms with Crippen LogP contribution in [-0.4, -0.2) is 24.6 Å². The molecule has 2 aromatic carbocycles. The number of ether oxygens (including phenoxy) is 1. The van der Waals surface area contributed by atoms with E-state index in [0.29, 0.717) is 22.7 Å². The second-order valence-corrected chi connectivity index (χ2v) is 4.83. The minimum atomic E-state index is -0.910. The molecular weight excluding hydrogens is 313 g/mol. The molecule has 0 saturated heterocycles. The van der Waals surface area contributed by atoms with Crippen molar-refractivity contribution in [3.63, 3.8) is 0 Å². The molecule has 24 heavy (non-hydrogen) atoms. The summed E-state index contributed by atoms with van der Waals surface area (Å²) in [6, 6.07) is 12.2. The quantitative estimate of drug-likeness (QED) is 0.513. The normalized spacial score (nSPS) is 10.9. The van der Waals surface area contributed by atoms with Gasteiger partial charge in [0.05, 0.1) is 12.8 Å². The molecule has 2 rings (SSSR count). The van der Waals surface area contributed by atoms with Gasteiger partial charge in [-0.1, -0.05) is 12.1 Å². The lowest BCUT2D eigenvalue weighted by Gasteiger charge is -2.06. The van der Waals surface area contributed by atoms with Crippen LogP contribution < -0.4 is 15.5 Å². The molecule has 0 radical (unpaired) electrons. The van der Waals surface area contributed by atoms with E-state index in [9.17, 15) is 14.0 Å². The number of anilines is 1. The molecule has 0 aliphatic rings. The molecule has 0 aliphatic heterocycles. The first-order chi connectivity index (χ1) is 11.5. The van der Waals surface area contributed by atoms with Gasteiger partial charge in [0.2, 0.25) is 0 Å². The molecule has 124 valence electrons. The van der Waals surface area contributed by atoms with E-state index < -0.39 is 11.8 Å². The Bertz CT molecular complexity index is 756. The molecule has 0 fully saturated rings. The van der Waals surface area contributed by atoms with Crippen molar-refractivity contribution in [3.05, 3.63) is 59.9 Å². The predicted octanol–water partition coefficient (Wildman–Crippen LogP) is 2.31. The van der Waals surface area contributed by atoms with Gasteiger partial charge in [-0.2, -0.15) is 5.10 Å². The smallest absolute Gasteiger partial charge is 0.329 e. The van der Waals surface area contributed by atoms with Crippen LogP contribution in [0.3, 0.4) is 0 Å². The lowest BCUT2D eigenvalue weighted by atomic mass is 10.1. The number of nitrogens with zero attached hydrogens (tertiary/aromatic N) is 1. The second kappa shape index (κ2) is 7.87. The molecule has 2 N–H and O–H groups in total. The molecule has 7 heteroatoms. The Balaban J connectivity index is 1.94. The molecule has 0 saturated carbocycles. The number of methoxy groups -OCH3 is 1. The topological polar surface area (TPSA) is 79.8 Å². The maximum absolute atomic E-state index is 12.9. The molecule has 0 spiro atoms. The predicted molar refractivity (Wildman–Crippen MR) is 88.4 cm³/mol. The van der Waals surface area contributed by atoms with Crippen molar-refractivity contribution in [3.8, 4) is 5.75 Å². The van der Waals surface area contributed by atoms with E-state index in [1.165, 1.54) is 31.4 Å². The summed E-state index contributed by atoms with van der Waals surface area (Å²) in [5, 5.41) is 6.27. The number of halogens is 1. The molecule has 2 aromatic rings. The van der Waals surface area contributed by atoms with Crippen molar-refractivity contribution < 1.29 is 18.7 Å². The van der Waals surface area contributed by atoms with Crippen molar-refractivity contribution in [2.45, 2.75) is 6.92 Å². The van der Waals surface area contributed by atoms with Gasteiger partial charge in [-0.25, -0.2) is 9.82 Å². The van der Waals surface area contributed by atoms with Crippen LogP contribution in [0.5, 0.6) is 5.75 Å². The largest absolute Gasteiger partial charge is 0.497 e.